The second kappa shape index (κ2) is 8.41. The Bertz CT molecular complexity index is 709. The molecule has 0 fully saturated rings. The van der Waals surface area contributed by atoms with Crippen LogP contribution in [0.4, 0.5) is 5.69 Å². The van der Waals surface area contributed by atoms with Gasteiger partial charge in [-0.15, -0.1) is 0 Å². The maximum atomic E-state index is 12.8. The van der Waals surface area contributed by atoms with Crippen LogP contribution in [0.25, 0.3) is 0 Å². The number of hydrogen-bond acceptors (Lipinski definition) is 3. The van der Waals surface area contributed by atoms with Crippen molar-refractivity contribution in [3.05, 3.63) is 28.8 Å². The molecule has 0 aliphatic heterocycles. The molecule has 1 amide bonds. The number of hydrogen-bond donors (Lipinski definition) is 1. The van der Waals surface area contributed by atoms with E-state index in [0.717, 1.165) is 16.1 Å². The average molecular weight is 389 g/mol. The Balaban J connectivity index is 3.24. The maximum Gasteiger partial charge on any atom is 0.243 e. The molecule has 0 saturated heterocycles. The first-order chi connectivity index (χ1) is 11.4. The van der Waals surface area contributed by atoms with E-state index >= 15 is 0 Å². The molecule has 0 aromatic heterocycles. The van der Waals surface area contributed by atoms with Crippen LogP contribution in [0.3, 0.4) is 0 Å². The van der Waals surface area contributed by atoms with Crippen LogP contribution in [-0.2, 0) is 14.8 Å². The summed E-state index contributed by atoms with van der Waals surface area (Å²) in [5, 5.41) is 3.41. The molecule has 1 atom stereocenters. The zero-order valence-electron chi connectivity index (χ0n) is 16.0. The Morgan fingerprint density at radius 1 is 1.12 bits per heavy atom. The minimum atomic E-state index is -3.66. The molecule has 7 heteroatoms. The summed E-state index contributed by atoms with van der Waals surface area (Å²) >= 11 is 6.04. The number of carbonyl (C=O) groups is 1. The first-order valence-electron chi connectivity index (χ1n) is 8.42. The number of aryl methyl sites for hydroxylation is 1. The van der Waals surface area contributed by atoms with Gasteiger partial charge in [-0.25, -0.2) is 8.42 Å². The lowest BCUT2D eigenvalue weighted by Gasteiger charge is -2.33. The lowest BCUT2D eigenvalue weighted by Crippen LogP contribution is -2.52. The first-order valence-corrected chi connectivity index (χ1v) is 10.6. The van der Waals surface area contributed by atoms with Gasteiger partial charge in [0.1, 0.15) is 6.04 Å². The molecule has 5 nitrogen and oxygen atoms in total. The van der Waals surface area contributed by atoms with Crippen LogP contribution < -0.4 is 9.62 Å². The molecule has 1 aromatic carbocycles. The van der Waals surface area contributed by atoms with Gasteiger partial charge < -0.3 is 5.32 Å². The highest BCUT2D eigenvalue weighted by Gasteiger charge is 2.32. The van der Waals surface area contributed by atoms with E-state index in [9.17, 15) is 13.2 Å². The van der Waals surface area contributed by atoms with Crippen molar-refractivity contribution in [3.63, 3.8) is 0 Å². The first kappa shape index (κ1) is 21.8. The number of nitrogens with zero attached hydrogens (tertiary/aromatic N) is 1. The fourth-order valence-corrected chi connectivity index (χ4v) is 4.38. The van der Waals surface area contributed by atoms with Gasteiger partial charge in [0, 0.05) is 11.1 Å². The zero-order valence-corrected chi connectivity index (χ0v) is 17.6. The zero-order chi connectivity index (χ0) is 19.5. The highest BCUT2D eigenvalue weighted by Crippen LogP contribution is 2.28. The number of rotatable bonds is 7. The fraction of sp³-hybridized carbons (Fsp3) is 0.611. The molecular weight excluding hydrogens is 360 g/mol. The van der Waals surface area contributed by atoms with E-state index < -0.39 is 16.1 Å². The monoisotopic (exact) mass is 388 g/mol. The number of sulfonamides is 1. The van der Waals surface area contributed by atoms with E-state index in [0.29, 0.717) is 10.7 Å². The molecule has 0 heterocycles. The summed E-state index contributed by atoms with van der Waals surface area (Å²) in [7, 11) is -3.66. The molecule has 0 radical (unpaired) electrons. The minimum Gasteiger partial charge on any atom is -0.351 e. The van der Waals surface area contributed by atoms with Crippen molar-refractivity contribution in [3.8, 4) is 0 Å². The van der Waals surface area contributed by atoms with E-state index in [1.165, 1.54) is 0 Å². The van der Waals surface area contributed by atoms with Crippen molar-refractivity contribution in [1.29, 1.82) is 0 Å². The number of benzene rings is 1. The summed E-state index contributed by atoms with van der Waals surface area (Å²) in [6, 6.07) is 4.10. The van der Waals surface area contributed by atoms with E-state index in [4.69, 9.17) is 11.6 Å². The highest BCUT2D eigenvalue weighted by molar-refractivity contribution is 7.92. The third-order valence-corrected chi connectivity index (χ3v) is 5.71. The summed E-state index contributed by atoms with van der Waals surface area (Å²) in [5.74, 6) is 0.170. The van der Waals surface area contributed by atoms with Crippen LogP contribution >= 0.6 is 11.6 Å². The van der Waals surface area contributed by atoms with Crippen molar-refractivity contribution in [2.24, 2.45) is 11.8 Å². The quantitative estimate of drug-likeness (QED) is 0.775. The van der Waals surface area contributed by atoms with Gasteiger partial charge in [0.2, 0.25) is 15.9 Å². The Morgan fingerprint density at radius 3 is 2.08 bits per heavy atom. The van der Waals surface area contributed by atoms with Crippen LogP contribution in [0.5, 0.6) is 0 Å². The number of anilines is 1. The van der Waals surface area contributed by atoms with Crippen molar-refractivity contribution >= 4 is 33.2 Å². The average Bonchev–Trinajstić information content (AvgIpc) is 2.46. The van der Waals surface area contributed by atoms with Gasteiger partial charge in [-0.3, -0.25) is 9.10 Å². The van der Waals surface area contributed by atoms with Gasteiger partial charge in [0.05, 0.1) is 11.9 Å². The van der Waals surface area contributed by atoms with Gasteiger partial charge in [-0.2, -0.15) is 0 Å². The van der Waals surface area contributed by atoms with Crippen molar-refractivity contribution in [2.75, 3.05) is 10.6 Å². The number of nitrogens with one attached hydrogen (secondary N) is 1. The third kappa shape index (κ3) is 5.61. The molecule has 1 rings (SSSR count). The topological polar surface area (TPSA) is 66.5 Å². The molecule has 142 valence electrons. The Labute approximate surface area is 156 Å². The molecule has 1 aromatic rings. The molecule has 0 spiro atoms. The van der Waals surface area contributed by atoms with Crippen LogP contribution in [-0.4, -0.2) is 32.7 Å². The SMILES string of the molecule is Cc1ccc(Cl)cc1N([C@@H](C)C(=O)NC(C(C)C)C(C)C)S(C)(=O)=O. The van der Waals surface area contributed by atoms with Crippen LogP contribution in [0, 0.1) is 18.8 Å². The third-order valence-electron chi connectivity index (χ3n) is 4.24. The molecule has 0 bridgehead atoms. The second-order valence-electron chi connectivity index (χ2n) is 7.19. The smallest absolute Gasteiger partial charge is 0.243 e. The van der Waals surface area contributed by atoms with E-state index in [-0.39, 0.29) is 23.8 Å². The predicted octanol–water partition coefficient (Wildman–Crippen LogP) is 3.60. The van der Waals surface area contributed by atoms with Crippen molar-refractivity contribution in [1.82, 2.24) is 5.32 Å². The van der Waals surface area contributed by atoms with E-state index in [2.05, 4.69) is 5.32 Å². The molecule has 25 heavy (non-hydrogen) atoms. The number of carbonyl (C=O) groups excluding carboxylic acids is 1. The van der Waals surface area contributed by atoms with Gasteiger partial charge in [0.25, 0.3) is 0 Å². The summed E-state index contributed by atoms with van der Waals surface area (Å²) < 4.78 is 25.9. The highest BCUT2D eigenvalue weighted by atomic mass is 35.5. The Morgan fingerprint density at radius 2 is 1.64 bits per heavy atom. The summed E-state index contributed by atoms with van der Waals surface area (Å²) in [6.07, 6.45) is 1.10. The van der Waals surface area contributed by atoms with E-state index in [1.807, 2.05) is 27.7 Å². The Hall–Kier alpha value is -1.27. The Kier molecular flexibility index (Phi) is 7.32. The molecular formula is C18H29ClN2O3S. The standard InChI is InChI=1S/C18H29ClN2O3S/c1-11(2)17(12(3)4)20-18(22)14(6)21(25(7,23)24)16-10-15(19)9-8-13(16)5/h8-12,14,17H,1-7H3,(H,20,22)/t14-/m0/s1. The van der Waals surface area contributed by atoms with Crippen LogP contribution in [0.2, 0.25) is 5.02 Å². The maximum absolute atomic E-state index is 12.8. The number of halogens is 1. The summed E-state index contributed by atoms with van der Waals surface area (Å²) in [6.45, 7) is 11.5. The van der Waals surface area contributed by atoms with Crippen molar-refractivity contribution in [2.45, 2.75) is 53.6 Å². The minimum absolute atomic E-state index is 0.0307. The van der Waals surface area contributed by atoms with Crippen molar-refractivity contribution < 1.29 is 13.2 Å². The lowest BCUT2D eigenvalue weighted by atomic mass is 9.93. The van der Waals surface area contributed by atoms with Crippen LogP contribution in [0.15, 0.2) is 18.2 Å². The van der Waals surface area contributed by atoms with Gasteiger partial charge in [-0.1, -0.05) is 45.4 Å². The normalized spacial score (nSPS) is 13.4. The molecule has 0 unspecified atom stereocenters. The molecule has 0 aliphatic carbocycles. The molecule has 0 saturated carbocycles. The predicted molar refractivity (Wildman–Crippen MR) is 105 cm³/mol. The summed E-state index contributed by atoms with van der Waals surface area (Å²) in [4.78, 5) is 12.8. The van der Waals surface area contributed by atoms with E-state index in [1.54, 1.807) is 32.0 Å². The molecule has 0 aliphatic rings. The summed E-state index contributed by atoms with van der Waals surface area (Å²) in [5.41, 5.74) is 1.15. The molecule has 1 N–H and O–H groups in total. The lowest BCUT2D eigenvalue weighted by molar-refractivity contribution is -0.123. The fourth-order valence-electron chi connectivity index (χ4n) is 2.99. The van der Waals surface area contributed by atoms with Gasteiger partial charge in [0.15, 0.2) is 0 Å². The number of amides is 1. The van der Waals surface area contributed by atoms with Crippen LogP contribution in [0.1, 0.15) is 40.2 Å². The van der Waals surface area contributed by atoms with Gasteiger partial charge in [-0.05, 0) is 43.4 Å². The van der Waals surface area contributed by atoms with Gasteiger partial charge >= 0.3 is 0 Å². The second-order valence-corrected chi connectivity index (χ2v) is 9.48. The largest absolute Gasteiger partial charge is 0.351 e.